The van der Waals surface area contributed by atoms with Gasteiger partial charge in [-0.1, -0.05) is 12.8 Å². The van der Waals surface area contributed by atoms with Gasteiger partial charge in [-0.05, 0) is 18.9 Å². The van der Waals surface area contributed by atoms with Crippen molar-refractivity contribution in [2.24, 2.45) is 0 Å². The fourth-order valence-corrected chi connectivity index (χ4v) is 3.94. The second-order valence-electron chi connectivity index (χ2n) is 6.58. The molecule has 3 heterocycles. The fraction of sp³-hybridized carbons (Fsp3) is 0.625. The molecule has 1 aliphatic heterocycles. The summed E-state index contributed by atoms with van der Waals surface area (Å²) in [6.07, 6.45) is 7.98. The summed E-state index contributed by atoms with van der Waals surface area (Å²) in [7, 11) is 1.68. The Labute approximate surface area is 140 Å². The number of carbonyl (C=O) groups is 1. The number of amides is 1. The maximum absolute atomic E-state index is 13.0. The van der Waals surface area contributed by atoms with Crippen molar-refractivity contribution in [3.8, 4) is 0 Å². The van der Waals surface area contributed by atoms with Crippen LogP contribution in [0.4, 0.5) is 0 Å². The summed E-state index contributed by atoms with van der Waals surface area (Å²) in [6, 6.07) is 2.18. The van der Waals surface area contributed by atoms with Crippen molar-refractivity contribution in [3.63, 3.8) is 0 Å². The third-order valence-electron chi connectivity index (χ3n) is 5.23. The number of methoxy groups -OCH3 is 1. The number of hydrogen-bond acceptors (Lipinski definition) is 5. The maximum Gasteiger partial charge on any atom is 0.272 e. The van der Waals surface area contributed by atoms with Gasteiger partial charge in [-0.25, -0.2) is 0 Å². The van der Waals surface area contributed by atoms with Gasteiger partial charge in [0.1, 0.15) is 5.69 Å². The highest BCUT2D eigenvalue weighted by Crippen LogP contribution is 2.32. The van der Waals surface area contributed by atoms with Gasteiger partial charge in [0.05, 0.1) is 30.0 Å². The number of nitrogens with zero attached hydrogens (tertiary/aromatic N) is 5. The second-order valence-corrected chi connectivity index (χ2v) is 6.58. The summed E-state index contributed by atoms with van der Waals surface area (Å²) in [5.74, 6) is 0.0630. The summed E-state index contributed by atoms with van der Waals surface area (Å²) in [4.78, 5) is 14.9. The molecule has 8 heteroatoms. The molecule has 24 heavy (non-hydrogen) atoms. The van der Waals surface area contributed by atoms with E-state index in [-0.39, 0.29) is 17.9 Å². The van der Waals surface area contributed by atoms with E-state index in [1.807, 2.05) is 15.6 Å². The van der Waals surface area contributed by atoms with E-state index in [4.69, 9.17) is 4.74 Å². The number of carbonyl (C=O) groups excluding carboxylic acids is 1. The van der Waals surface area contributed by atoms with Gasteiger partial charge in [0, 0.05) is 26.4 Å². The van der Waals surface area contributed by atoms with E-state index in [9.17, 15) is 4.79 Å². The van der Waals surface area contributed by atoms with Crippen molar-refractivity contribution in [1.29, 1.82) is 0 Å². The Morgan fingerprint density at radius 3 is 2.88 bits per heavy atom. The van der Waals surface area contributed by atoms with Gasteiger partial charge < -0.3 is 9.64 Å². The number of H-pyrrole nitrogens is 1. The first kappa shape index (κ1) is 15.3. The highest BCUT2D eigenvalue weighted by Gasteiger charge is 2.39. The van der Waals surface area contributed by atoms with Crippen LogP contribution >= 0.6 is 0 Å². The molecular weight excluding hydrogens is 308 g/mol. The van der Waals surface area contributed by atoms with Crippen molar-refractivity contribution < 1.29 is 9.53 Å². The molecule has 0 spiro atoms. The Balaban J connectivity index is 1.54. The van der Waals surface area contributed by atoms with Crippen molar-refractivity contribution >= 4 is 5.91 Å². The minimum absolute atomic E-state index is 0.0208. The van der Waals surface area contributed by atoms with E-state index < -0.39 is 0 Å². The van der Waals surface area contributed by atoms with Gasteiger partial charge in [-0.3, -0.25) is 9.48 Å². The molecule has 4 rings (SSSR count). The van der Waals surface area contributed by atoms with Crippen molar-refractivity contribution in [2.75, 3.05) is 20.2 Å². The van der Waals surface area contributed by atoms with Crippen molar-refractivity contribution in [1.82, 2.24) is 30.1 Å². The first-order valence-corrected chi connectivity index (χ1v) is 8.49. The molecule has 0 bridgehead atoms. The number of aromatic amines is 1. The Bertz CT molecular complexity index is 691. The number of likely N-dealkylation sites (tertiary alicyclic amines) is 1. The summed E-state index contributed by atoms with van der Waals surface area (Å²) < 4.78 is 7.49. The quantitative estimate of drug-likeness (QED) is 0.914. The Morgan fingerprint density at radius 1 is 1.33 bits per heavy atom. The molecule has 2 aromatic rings. The van der Waals surface area contributed by atoms with Gasteiger partial charge >= 0.3 is 0 Å². The lowest BCUT2D eigenvalue weighted by Crippen LogP contribution is -2.32. The van der Waals surface area contributed by atoms with Crippen LogP contribution in [0.15, 0.2) is 18.5 Å². The number of aromatic nitrogens is 5. The van der Waals surface area contributed by atoms with E-state index in [0.717, 1.165) is 18.5 Å². The fourth-order valence-electron chi connectivity index (χ4n) is 3.94. The van der Waals surface area contributed by atoms with Crippen molar-refractivity contribution in [3.05, 3.63) is 29.8 Å². The molecule has 128 valence electrons. The van der Waals surface area contributed by atoms with E-state index in [1.165, 1.54) is 12.8 Å². The largest absolute Gasteiger partial charge is 0.379 e. The van der Waals surface area contributed by atoms with Crippen LogP contribution < -0.4 is 0 Å². The van der Waals surface area contributed by atoms with Crippen LogP contribution in [0.2, 0.25) is 0 Å². The maximum atomic E-state index is 13.0. The highest BCUT2D eigenvalue weighted by atomic mass is 16.5. The molecule has 2 fully saturated rings. The zero-order valence-corrected chi connectivity index (χ0v) is 13.8. The molecular formula is C16H22N6O2. The lowest BCUT2D eigenvalue weighted by molar-refractivity contribution is 0.0701. The molecule has 1 saturated carbocycles. The summed E-state index contributed by atoms with van der Waals surface area (Å²) in [5.41, 5.74) is 1.51. The molecule has 1 saturated heterocycles. The molecule has 2 aliphatic rings. The van der Waals surface area contributed by atoms with Crippen LogP contribution in [0.1, 0.15) is 53.8 Å². The molecule has 1 amide bonds. The van der Waals surface area contributed by atoms with Crippen LogP contribution in [-0.4, -0.2) is 62.3 Å². The minimum atomic E-state index is -0.0677. The highest BCUT2D eigenvalue weighted by molar-refractivity contribution is 5.93. The van der Waals surface area contributed by atoms with Crippen LogP contribution in [0, 0.1) is 0 Å². The average Bonchev–Trinajstić information content (AvgIpc) is 3.41. The lowest BCUT2D eigenvalue weighted by atomic mass is 10.0. The first-order chi connectivity index (χ1) is 11.8. The zero-order chi connectivity index (χ0) is 16.5. The predicted molar refractivity (Wildman–Crippen MR) is 85.6 cm³/mol. The summed E-state index contributed by atoms with van der Waals surface area (Å²) in [6.45, 7) is 1.14. The van der Waals surface area contributed by atoms with Gasteiger partial charge in [0.25, 0.3) is 5.91 Å². The molecule has 2 atom stereocenters. The molecule has 1 aliphatic carbocycles. The van der Waals surface area contributed by atoms with Crippen LogP contribution in [0.5, 0.6) is 0 Å². The smallest absolute Gasteiger partial charge is 0.272 e. The van der Waals surface area contributed by atoms with Crippen LogP contribution in [0.25, 0.3) is 0 Å². The Morgan fingerprint density at radius 2 is 2.17 bits per heavy atom. The number of nitrogens with one attached hydrogen (secondary N) is 1. The SMILES string of the molecule is CO[C@@H]1CN(C(=O)c2ccnn2C2CCCC2)C[C@H]1c1cn[nH]n1. The number of rotatable bonds is 4. The molecule has 1 N–H and O–H groups in total. The third-order valence-corrected chi connectivity index (χ3v) is 5.23. The standard InChI is InChI=1S/C16H22N6O2/c1-24-15-10-21(9-12(15)13-8-17-20-19-13)16(23)14-6-7-18-22(14)11-4-2-3-5-11/h6-8,11-12,15H,2-5,9-10H2,1H3,(H,17,19,20)/t12-,15+/m0/s1. The molecule has 0 aromatic carbocycles. The predicted octanol–water partition coefficient (Wildman–Crippen LogP) is 1.37. The monoisotopic (exact) mass is 330 g/mol. The van der Waals surface area contributed by atoms with E-state index in [1.54, 1.807) is 19.5 Å². The van der Waals surface area contributed by atoms with Crippen LogP contribution in [-0.2, 0) is 4.74 Å². The molecule has 0 unspecified atom stereocenters. The zero-order valence-electron chi connectivity index (χ0n) is 13.8. The number of ether oxygens (including phenoxy) is 1. The topological polar surface area (TPSA) is 88.9 Å². The molecule has 8 nitrogen and oxygen atoms in total. The Hall–Kier alpha value is -2.22. The summed E-state index contributed by atoms with van der Waals surface area (Å²) in [5, 5.41) is 15.1. The van der Waals surface area contributed by atoms with Gasteiger partial charge in [-0.2, -0.15) is 20.5 Å². The third kappa shape index (κ3) is 2.60. The number of hydrogen-bond donors (Lipinski definition) is 1. The van der Waals surface area contributed by atoms with E-state index >= 15 is 0 Å². The van der Waals surface area contributed by atoms with Crippen molar-refractivity contribution in [2.45, 2.75) is 43.7 Å². The normalized spacial score (nSPS) is 24.8. The van der Waals surface area contributed by atoms with Gasteiger partial charge in [0.2, 0.25) is 0 Å². The summed E-state index contributed by atoms with van der Waals surface area (Å²) >= 11 is 0. The minimum Gasteiger partial charge on any atom is -0.379 e. The lowest BCUT2D eigenvalue weighted by Gasteiger charge is -2.19. The first-order valence-electron chi connectivity index (χ1n) is 8.49. The van der Waals surface area contributed by atoms with E-state index in [2.05, 4.69) is 20.5 Å². The second kappa shape index (κ2) is 6.35. The molecule has 0 radical (unpaired) electrons. The van der Waals surface area contributed by atoms with E-state index in [0.29, 0.717) is 24.8 Å². The van der Waals surface area contributed by atoms with Gasteiger partial charge in [-0.15, -0.1) is 0 Å². The van der Waals surface area contributed by atoms with Gasteiger partial charge in [0.15, 0.2) is 0 Å². The molecule has 2 aromatic heterocycles. The average molecular weight is 330 g/mol. The van der Waals surface area contributed by atoms with Crippen LogP contribution in [0.3, 0.4) is 0 Å². The Kier molecular flexibility index (Phi) is 4.05.